The SMILES string of the molecule is CCCn1cc(C(=O)N2CCNC(C(=O)O)C2)c(C)n1. The molecule has 110 valence electrons. The zero-order chi connectivity index (χ0) is 14.7. The van der Waals surface area contributed by atoms with Crippen LogP contribution in [0.5, 0.6) is 0 Å². The van der Waals surface area contributed by atoms with E-state index in [2.05, 4.69) is 10.4 Å². The van der Waals surface area contributed by atoms with Crippen LogP contribution in [0.2, 0.25) is 0 Å². The maximum atomic E-state index is 12.5. The summed E-state index contributed by atoms with van der Waals surface area (Å²) in [5.74, 6) is -1.07. The molecule has 1 unspecified atom stereocenters. The first-order chi connectivity index (χ1) is 9.52. The molecular formula is C13H20N4O3. The molecule has 0 radical (unpaired) electrons. The smallest absolute Gasteiger partial charge is 0.322 e. The minimum Gasteiger partial charge on any atom is -0.480 e. The Morgan fingerprint density at radius 2 is 2.30 bits per heavy atom. The van der Waals surface area contributed by atoms with Gasteiger partial charge in [-0.05, 0) is 13.3 Å². The molecule has 0 spiro atoms. The number of carboxylic acid groups (broad SMARTS) is 1. The van der Waals surface area contributed by atoms with Crippen molar-refractivity contribution in [1.29, 1.82) is 0 Å². The summed E-state index contributed by atoms with van der Waals surface area (Å²) in [4.78, 5) is 25.0. The number of carboxylic acids is 1. The van der Waals surface area contributed by atoms with Gasteiger partial charge in [0.05, 0.1) is 11.3 Å². The summed E-state index contributed by atoms with van der Waals surface area (Å²) in [6.07, 6.45) is 2.70. The van der Waals surface area contributed by atoms with Gasteiger partial charge >= 0.3 is 5.97 Å². The molecule has 1 saturated heterocycles. The quantitative estimate of drug-likeness (QED) is 0.817. The van der Waals surface area contributed by atoms with E-state index in [1.165, 1.54) is 0 Å². The van der Waals surface area contributed by atoms with Crippen LogP contribution >= 0.6 is 0 Å². The normalized spacial score (nSPS) is 19.1. The number of aryl methyl sites for hydroxylation is 2. The Morgan fingerprint density at radius 3 is 2.95 bits per heavy atom. The van der Waals surface area contributed by atoms with Gasteiger partial charge in [-0.25, -0.2) is 0 Å². The number of piperazine rings is 1. The van der Waals surface area contributed by atoms with E-state index in [4.69, 9.17) is 5.11 Å². The van der Waals surface area contributed by atoms with Gasteiger partial charge in [-0.2, -0.15) is 5.10 Å². The molecule has 0 bridgehead atoms. The van der Waals surface area contributed by atoms with Gasteiger partial charge in [-0.15, -0.1) is 0 Å². The third-order valence-corrected chi connectivity index (χ3v) is 3.39. The van der Waals surface area contributed by atoms with Crippen LogP contribution in [0.1, 0.15) is 29.4 Å². The van der Waals surface area contributed by atoms with Gasteiger partial charge in [-0.1, -0.05) is 6.92 Å². The van der Waals surface area contributed by atoms with Crippen LogP contribution in [0.15, 0.2) is 6.20 Å². The van der Waals surface area contributed by atoms with Crippen molar-refractivity contribution in [2.24, 2.45) is 0 Å². The molecule has 0 saturated carbocycles. The lowest BCUT2D eigenvalue weighted by molar-refractivity contribution is -0.140. The Kier molecular flexibility index (Phi) is 4.39. The summed E-state index contributed by atoms with van der Waals surface area (Å²) in [7, 11) is 0. The summed E-state index contributed by atoms with van der Waals surface area (Å²) >= 11 is 0. The second kappa shape index (κ2) is 6.04. The average Bonchev–Trinajstić information content (AvgIpc) is 2.79. The molecule has 0 aliphatic carbocycles. The van der Waals surface area contributed by atoms with Crippen molar-refractivity contribution in [2.45, 2.75) is 32.9 Å². The fraction of sp³-hybridized carbons (Fsp3) is 0.615. The van der Waals surface area contributed by atoms with Crippen LogP contribution in [0.3, 0.4) is 0 Å². The number of hydrogen-bond donors (Lipinski definition) is 2. The lowest BCUT2D eigenvalue weighted by Crippen LogP contribution is -2.55. The van der Waals surface area contributed by atoms with Crippen LogP contribution < -0.4 is 5.32 Å². The molecule has 1 atom stereocenters. The summed E-state index contributed by atoms with van der Waals surface area (Å²) in [6.45, 7) is 5.81. The maximum absolute atomic E-state index is 12.5. The van der Waals surface area contributed by atoms with Gasteiger partial charge in [0.1, 0.15) is 6.04 Å². The molecule has 1 aromatic heterocycles. The molecule has 0 aromatic carbocycles. The third kappa shape index (κ3) is 2.98. The number of rotatable bonds is 4. The van der Waals surface area contributed by atoms with E-state index in [-0.39, 0.29) is 12.5 Å². The molecule has 1 aromatic rings. The Hall–Kier alpha value is -1.89. The van der Waals surface area contributed by atoms with Crippen molar-refractivity contribution >= 4 is 11.9 Å². The minimum absolute atomic E-state index is 0.141. The second-order valence-corrected chi connectivity index (χ2v) is 4.99. The van der Waals surface area contributed by atoms with Gasteiger partial charge in [0.15, 0.2) is 0 Å². The van der Waals surface area contributed by atoms with Crippen LogP contribution in [-0.2, 0) is 11.3 Å². The standard InChI is InChI=1S/C13H20N4O3/c1-3-5-17-7-10(9(2)15-17)12(18)16-6-4-14-11(8-16)13(19)20/h7,11,14H,3-6,8H2,1-2H3,(H,19,20). The summed E-state index contributed by atoms with van der Waals surface area (Å²) in [5, 5.41) is 16.2. The van der Waals surface area contributed by atoms with E-state index in [0.29, 0.717) is 24.3 Å². The molecule has 1 amide bonds. The van der Waals surface area contributed by atoms with E-state index >= 15 is 0 Å². The fourth-order valence-electron chi connectivity index (χ4n) is 2.34. The minimum atomic E-state index is -0.930. The van der Waals surface area contributed by atoms with E-state index < -0.39 is 12.0 Å². The first kappa shape index (κ1) is 14.5. The molecule has 7 nitrogen and oxygen atoms in total. The van der Waals surface area contributed by atoms with E-state index in [1.54, 1.807) is 22.7 Å². The first-order valence-electron chi connectivity index (χ1n) is 6.82. The highest BCUT2D eigenvalue weighted by molar-refractivity contribution is 5.95. The Bertz CT molecular complexity index is 512. The third-order valence-electron chi connectivity index (χ3n) is 3.39. The Balaban J connectivity index is 2.12. The number of nitrogens with one attached hydrogen (secondary N) is 1. The molecule has 7 heteroatoms. The predicted octanol–water partition coefficient (Wildman–Crippen LogP) is 0.100. The van der Waals surface area contributed by atoms with E-state index in [1.807, 2.05) is 6.92 Å². The number of aromatic nitrogens is 2. The van der Waals surface area contributed by atoms with Gasteiger partial charge in [0, 0.05) is 32.4 Å². The Morgan fingerprint density at radius 1 is 1.55 bits per heavy atom. The number of carbonyl (C=O) groups is 2. The van der Waals surface area contributed by atoms with Gasteiger partial charge in [0.25, 0.3) is 5.91 Å². The lowest BCUT2D eigenvalue weighted by Gasteiger charge is -2.31. The number of hydrogen-bond acceptors (Lipinski definition) is 4. The van der Waals surface area contributed by atoms with Crippen LogP contribution in [0.25, 0.3) is 0 Å². The molecular weight excluding hydrogens is 260 g/mol. The summed E-state index contributed by atoms with van der Waals surface area (Å²) in [5.41, 5.74) is 1.25. The highest BCUT2D eigenvalue weighted by Crippen LogP contribution is 2.12. The summed E-state index contributed by atoms with van der Waals surface area (Å²) in [6, 6.07) is -0.696. The fourth-order valence-corrected chi connectivity index (χ4v) is 2.34. The van der Waals surface area contributed by atoms with Crippen molar-refractivity contribution in [3.8, 4) is 0 Å². The zero-order valence-electron chi connectivity index (χ0n) is 11.8. The van der Waals surface area contributed by atoms with Crippen LogP contribution in [0.4, 0.5) is 0 Å². The molecule has 2 N–H and O–H groups in total. The van der Waals surface area contributed by atoms with Gasteiger partial charge < -0.3 is 15.3 Å². The van der Waals surface area contributed by atoms with Crippen molar-refractivity contribution in [1.82, 2.24) is 20.0 Å². The van der Waals surface area contributed by atoms with Crippen LogP contribution in [-0.4, -0.2) is 57.3 Å². The molecule has 1 fully saturated rings. The molecule has 20 heavy (non-hydrogen) atoms. The summed E-state index contributed by atoms with van der Waals surface area (Å²) < 4.78 is 1.76. The highest BCUT2D eigenvalue weighted by atomic mass is 16.4. The molecule has 2 heterocycles. The highest BCUT2D eigenvalue weighted by Gasteiger charge is 2.29. The molecule has 1 aliphatic rings. The van der Waals surface area contributed by atoms with Crippen molar-refractivity contribution in [3.63, 3.8) is 0 Å². The first-order valence-corrected chi connectivity index (χ1v) is 6.82. The number of amides is 1. The number of carbonyl (C=O) groups excluding carboxylic acids is 1. The maximum Gasteiger partial charge on any atom is 0.322 e. The zero-order valence-corrected chi connectivity index (χ0v) is 11.8. The second-order valence-electron chi connectivity index (χ2n) is 4.99. The average molecular weight is 280 g/mol. The van der Waals surface area contributed by atoms with E-state index in [0.717, 1.165) is 13.0 Å². The number of aliphatic carboxylic acids is 1. The van der Waals surface area contributed by atoms with Gasteiger partial charge in [-0.3, -0.25) is 14.3 Å². The van der Waals surface area contributed by atoms with E-state index in [9.17, 15) is 9.59 Å². The monoisotopic (exact) mass is 280 g/mol. The number of nitrogens with zero attached hydrogens (tertiary/aromatic N) is 3. The lowest BCUT2D eigenvalue weighted by atomic mass is 10.1. The van der Waals surface area contributed by atoms with Gasteiger partial charge in [0.2, 0.25) is 0 Å². The Labute approximate surface area is 117 Å². The topological polar surface area (TPSA) is 87.5 Å². The largest absolute Gasteiger partial charge is 0.480 e. The predicted molar refractivity (Wildman–Crippen MR) is 72.6 cm³/mol. The van der Waals surface area contributed by atoms with Crippen molar-refractivity contribution < 1.29 is 14.7 Å². The van der Waals surface area contributed by atoms with Crippen molar-refractivity contribution in [3.05, 3.63) is 17.5 Å². The molecule has 2 rings (SSSR count). The molecule has 1 aliphatic heterocycles. The van der Waals surface area contributed by atoms with Crippen LogP contribution in [0, 0.1) is 6.92 Å². The van der Waals surface area contributed by atoms with Crippen molar-refractivity contribution in [2.75, 3.05) is 19.6 Å².